The lowest BCUT2D eigenvalue weighted by Crippen LogP contribution is -2.51. The average molecular weight is 481 g/mol. The molecule has 3 atom stereocenters. The van der Waals surface area contributed by atoms with Crippen molar-refractivity contribution in [3.05, 3.63) is 59.7 Å². The maximum atomic E-state index is 12.8. The molecule has 0 spiro atoms. The number of ether oxygens (including phenoxy) is 2. The molecule has 35 heavy (non-hydrogen) atoms. The number of hydrogen-bond donors (Lipinski definition) is 2. The molecular formula is C27H32N2O6. The molecule has 1 aliphatic carbocycles. The van der Waals surface area contributed by atoms with Crippen LogP contribution in [0, 0.1) is 5.92 Å². The molecule has 0 radical (unpaired) electrons. The molecule has 1 fully saturated rings. The molecule has 1 saturated heterocycles. The van der Waals surface area contributed by atoms with Crippen molar-refractivity contribution in [3.63, 3.8) is 0 Å². The first-order valence-electron chi connectivity index (χ1n) is 12.0. The number of nitrogens with zero attached hydrogens (tertiary/aromatic N) is 1. The number of rotatable bonds is 8. The van der Waals surface area contributed by atoms with Crippen molar-refractivity contribution < 1.29 is 29.0 Å². The van der Waals surface area contributed by atoms with E-state index in [0.29, 0.717) is 13.0 Å². The van der Waals surface area contributed by atoms with E-state index in [9.17, 15) is 19.5 Å². The number of fused-ring (bicyclic) bond motifs is 3. The summed E-state index contributed by atoms with van der Waals surface area (Å²) in [6.45, 7) is 2.69. The van der Waals surface area contributed by atoms with Gasteiger partial charge in [0.05, 0.1) is 12.5 Å². The van der Waals surface area contributed by atoms with E-state index in [1.165, 1.54) is 12.0 Å². The number of amides is 2. The molecule has 1 aliphatic heterocycles. The second kappa shape index (κ2) is 10.9. The van der Waals surface area contributed by atoms with Crippen LogP contribution in [0.2, 0.25) is 0 Å². The molecule has 8 heteroatoms. The normalized spacial score (nSPS) is 20.0. The first-order chi connectivity index (χ1) is 16.9. The van der Waals surface area contributed by atoms with Gasteiger partial charge in [0.15, 0.2) is 0 Å². The van der Waals surface area contributed by atoms with Crippen LogP contribution in [0.3, 0.4) is 0 Å². The van der Waals surface area contributed by atoms with Crippen LogP contribution in [-0.4, -0.2) is 66.9 Å². The summed E-state index contributed by atoms with van der Waals surface area (Å²) in [6.07, 6.45) is 0.0258. The molecule has 2 aromatic carbocycles. The van der Waals surface area contributed by atoms with E-state index < -0.39 is 24.2 Å². The van der Waals surface area contributed by atoms with Gasteiger partial charge in [-0.2, -0.15) is 0 Å². The summed E-state index contributed by atoms with van der Waals surface area (Å²) < 4.78 is 10.9. The van der Waals surface area contributed by atoms with Gasteiger partial charge in [-0.1, -0.05) is 55.5 Å². The topological polar surface area (TPSA) is 105 Å². The van der Waals surface area contributed by atoms with E-state index in [1.807, 2.05) is 31.2 Å². The van der Waals surface area contributed by atoms with Gasteiger partial charge in [0.2, 0.25) is 5.91 Å². The van der Waals surface area contributed by atoms with E-state index in [4.69, 9.17) is 9.47 Å². The summed E-state index contributed by atoms with van der Waals surface area (Å²) in [5.41, 5.74) is 4.57. The fourth-order valence-electron chi connectivity index (χ4n) is 5.08. The predicted molar refractivity (Wildman–Crippen MR) is 130 cm³/mol. The van der Waals surface area contributed by atoms with Gasteiger partial charge in [-0.3, -0.25) is 4.79 Å². The van der Waals surface area contributed by atoms with Gasteiger partial charge < -0.3 is 24.8 Å². The Kier molecular flexibility index (Phi) is 7.70. The highest BCUT2D eigenvalue weighted by molar-refractivity contribution is 5.84. The number of alkyl carbamates (subject to hydrolysis) is 1. The standard InChI is InChI=1S/C27H32N2O6/c1-17-11-12-24(26(31)32)29(15-17)25(30)13-18(34-2)14-28-27(33)35-16-23-21-9-5-3-7-19(21)20-8-4-6-10-22(20)23/h3-10,17-18,23-24H,11-16H2,1-2H3,(H,28,33)(H,31,32). The van der Waals surface area contributed by atoms with E-state index in [-0.39, 0.29) is 37.3 Å². The Morgan fingerprint density at radius 2 is 1.69 bits per heavy atom. The summed E-state index contributed by atoms with van der Waals surface area (Å²) in [7, 11) is 1.46. The van der Waals surface area contributed by atoms with Crippen LogP contribution in [0.5, 0.6) is 0 Å². The summed E-state index contributed by atoms with van der Waals surface area (Å²) in [4.78, 5) is 38.3. The predicted octanol–water partition coefficient (Wildman–Crippen LogP) is 3.64. The van der Waals surface area contributed by atoms with Crippen molar-refractivity contribution in [3.8, 4) is 11.1 Å². The number of piperidine rings is 1. The average Bonchev–Trinajstić information content (AvgIpc) is 3.18. The highest BCUT2D eigenvalue weighted by Crippen LogP contribution is 2.44. The lowest BCUT2D eigenvalue weighted by Gasteiger charge is -2.37. The fourth-order valence-corrected chi connectivity index (χ4v) is 5.08. The van der Waals surface area contributed by atoms with Crippen LogP contribution in [0.1, 0.15) is 43.2 Å². The van der Waals surface area contributed by atoms with Crippen LogP contribution < -0.4 is 5.32 Å². The zero-order valence-corrected chi connectivity index (χ0v) is 20.1. The molecule has 0 aromatic heterocycles. The number of carbonyl (C=O) groups excluding carboxylic acids is 2. The number of likely N-dealkylation sites (tertiary alicyclic amines) is 1. The van der Waals surface area contributed by atoms with Crippen molar-refractivity contribution in [2.24, 2.45) is 5.92 Å². The van der Waals surface area contributed by atoms with Crippen molar-refractivity contribution in [2.45, 2.75) is 44.2 Å². The van der Waals surface area contributed by atoms with Crippen LogP contribution >= 0.6 is 0 Å². The highest BCUT2D eigenvalue weighted by atomic mass is 16.5. The molecule has 0 saturated carbocycles. The lowest BCUT2D eigenvalue weighted by molar-refractivity contribution is -0.154. The molecule has 3 unspecified atom stereocenters. The van der Waals surface area contributed by atoms with Crippen molar-refractivity contribution in [2.75, 3.05) is 26.8 Å². The number of nitrogens with one attached hydrogen (secondary N) is 1. The molecule has 2 aliphatic rings. The Morgan fingerprint density at radius 3 is 2.29 bits per heavy atom. The van der Waals surface area contributed by atoms with Crippen molar-refractivity contribution in [1.29, 1.82) is 0 Å². The van der Waals surface area contributed by atoms with Gasteiger partial charge in [-0.15, -0.1) is 0 Å². The minimum absolute atomic E-state index is 0.0172. The van der Waals surface area contributed by atoms with Gasteiger partial charge in [0, 0.05) is 26.1 Å². The molecule has 186 valence electrons. The van der Waals surface area contributed by atoms with Crippen LogP contribution in [0.15, 0.2) is 48.5 Å². The smallest absolute Gasteiger partial charge is 0.407 e. The van der Waals surface area contributed by atoms with E-state index in [0.717, 1.165) is 28.7 Å². The number of carbonyl (C=O) groups is 3. The van der Waals surface area contributed by atoms with Gasteiger partial charge in [0.1, 0.15) is 12.6 Å². The Morgan fingerprint density at radius 1 is 1.06 bits per heavy atom. The zero-order chi connectivity index (χ0) is 24.9. The largest absolute Gasteiger partial charge is 0.480 e. The number of carboxylic acid groups (broad SMARTS) is 1. The summed E-state index contributed by atoms with van der Waals surface area (Å²) in [5, 5.41) is 12.2. The van der Waals surface area contributed by atoms with Crippen LogP contribution in [-0.2, 0) is 19.1 Å². The molecule has 2 N–H and O–H groups in total. The monoisotopic (exact) mass is 480 g/mol. The maximum absolute atomic E-state index is 12.8. The first-order valence-corrected chi connectivity index (χ1v) is 12.0. The van der Waals surface area contributed by atoms with Gasteiger partial charge in [0.25, 0.3) is 0 Å². The van der Waals surface area contributed by atoms with Gasteiger partial charge in [-0.25, -0.2) is 9.59 Å². The number of benzene rings is 2. The highest BCUT2D eigenvalue weighted by Gasteiger charge is 2.35. The van der Waals surface area contributed by atoms with E-state index in [1.54, 1.807) is 0 Å². The molecular weight excluding hydrogens is 448 g/mol. The number of carboxylic acids is 1. The lowest BCUT2D eigenvalue weighted by atomic mass is 9.93. The van der Waals surface area contributed by atoms with Crippen LogP contribution in [0.4, 0.5) is 4.79 Å². The summed E-state index contributed by atoms with van der Waals surface area (Å²) in [6, 6.07) is 15.4. The Labute approximate surface area is 205 Å². The van der Waals surface area contributed by atoms with E-state index in [2.05, 4.69) is 29.6 Å². The third kappa shape index (κ3) is 5.48. The third-order valence-corrected chi connectivity index (χ3v) is 6.98. The molecule has 1 heterocycles. The van der Waals surface area contributed by atoms with Crippen LogP contribution in [0.25, 0.3) is 11.1 Å². The summed E-state index contributed by atoms with van der Waals surface area (Å²) in [5.74, 6) is -1.07. The molecule has 4 rings (SSSR count). The minimum Gasteiger partial charge on any atom is -0.480 e. The molecule has 8 nitrogen and oxygen atoms in total. The number of aliphatic carboxylic acids is 1. The Bertz CT molecular complexity index is 1040. The van der Waals surface area contributed by atoms with Crippen molar-refractivity contribution >= 4 is 18.0 Å². The maximum Gasteiger partial charge on any atom is 0.407 e. The molecule has 2 amide bonds. The Balaban J connectivity index is 1.30. The van der Waals surface area contributed by atoms with Crippen molar-refractivity contribution in [1.82, 2.24) is 10.2 Å². The van der Waals surface area contributed by atoms with Gasteiger partial charge >= 0.3 is 12.1 Å². The SMILES string of the molecule is COC(CNC(=O)OCC1c2ccccc2-c2ccccc21)CC(=O)N1CC(C)CCC1C(=O)O. The molecule has 2 aromatic rings. The fraction of sp³-hybridized carbons (Fsp3) is 0.444. The second-order valence-electron chi connectivity index (χ2n) is 9.35. The minimum atomic E-state index is -0.990. The number of hydrogen-bond acceptors (Lipinski definition) is 5. The first kappa shape index (κ1) is 24.7. The second-order valence-corrected chi connectivity index (χ2v) is 9.35. The zero-order valence-electron chi connectivity index (χ0n) is 20.1. The Hall–Kier alpha value is -3.39. The number of methoxy groups -OCH3 is 1. The summed E-state index contributed by atoms with van der Waals surface area (Å²) >= 11 is 0. The molecule has 0 bridgehead atoms. The quantitative estimate of drug-likeness (QED) is 0.598. The van der Waals surface area contributed by atoms with E-state index >= 15 is 0 Å². The van der Waals surface area contributed by atoms with Gasteiger partial charge in [-0.05, 0) is 41.0 Å². The third-order valence-electron chi connectivity index (χ3n) is 6.98.